The maximum absolute atomic E-state index is 5.78. The van der Waals surface area contributed by atoms with Gasteiger partial charge < -0.3 is 14.4 Å². The predicted octanol–water partition coefficient (Wildman–Crippen LogP) is 3.73. The van der Waals surface area contributed by atoms with Gasteiger partial charge in [0.15, 0.2) is 5.79 Å². The van der Waals surface area contributed by atoms with Crippen molar-refractivity contribution in [3.8, 4) is 0 Å². The maximum Gasteiger partial charge on any atom is 0.168 e. The highest BCUT2D eigenvalue weighted by atomic mass is 79.9. The molecule has 0 aromatic carbocycles. The third kappa shape index (κ3) is 2.89. The van der Waals surface area contributed by atoms with Crippen LogP contribution in [0.5, 0.6) is 0 Å². The van der Waals surface area contributed by atoms with Gasteiger partial charge in [-0.1, -0.05) is 0 Å². The minimum Gasteiger partial charge on any atom is -0.356 e. The Hall–Kier alpha value is -0.170. The van der Waals surface area contributed by atoms with Crippen LogP contribution in [0.2, 0.25) is 0 Å². The molecule has 0 amide bonds. The van der Waals surface area contributed by atoms with Crippen LogP contribution in [0.15, 0.2) is 21.2 Å². The average Bonchev–Trinajstić information content (AvgIpc) is 2.87. The molecule has 1 aliphatic carbocycles. The van der Waals surface area contributed by atoms with E-state index in [1.807, 2.05) is 12.3 Å². The molecule has 0 N–H and O–H groups in total. The molecule has 0 radical (unpaired) electrons. The van der Waals surface area contributed by atoms with Gasteiger partial charge >= 0.3 is 0 Å². The lowest BCUT2D eigenvalue weighted by Crippen LogP contribution is -2.43. The maximum atomic E-state index is 5.78. The van der Waals surface area contributed by atoms with Crippen molar-refractivity contribution in [2.24, 2.45) is 0 Å². The number of anilines is 1. The second-order valence-corrected chi connectivity index (χ2v) is 7.18. The summed E-state index contributed by atoms with van der Waals surface area (Å²) in [5, 5.41) is 0. The van der Waals surface area contributed by atoms with Crippen molar-refractivity contribution >= 4 is 37.7 Å². The molecule has 1 aliphatic heterocycles. The van der Waals surface area contributed by atoms with Crippen LogP contribution in [0, 0.1) is 0 Å². The van der Waals surface area contributed by atoms with Gasteiger partial charge in [0.05, 0.1) is 17.7 Å². The lowest BCUT2D eigenvalue weighted by molar-refractivity contribution is -0.178. The highest BCUT2D eigenvalue weighted by Crippen LogP contribution is 2.38. The zero-order valence-electron chi connectivity index (χ0n) is 11.4. The number of halogens is 2. The molecule has 0 atom stereocenters. The van der Waals surface area contributed by atoms with E-state index in [2.05, 4.69) is 48.8 Å². The van der Waals surface area contributed by atoms with Crippen LogP contribution in [0.3, 0.4) is 0 Å². The van der Waals surface area contributed by atoms with Crippen LogP contribution in [0.1, 0.15) is 25.7 Å². The van der Waals surface area contributed by atoms with E-state index >= 15 is 0 Å². The summed E-state index contributed by atoms with van der Waals surface area (Å²) in [6, 6.07) is 2.52. The molecule has 0 bridgehead atoms. The van der Waals surface area contributed by atoms with Gasteiger partial charge in [-0.3, -0.25) is 0 Å². The van der Waals surface area contributed by atoms with Gasteiger partial charge in [0.25, 0.3) is 0 Å². The molecular formula is C14H18Br2N2O2. The zero-order chi connectivity index (χ0) is 14.2. The molecule has 3 rings (SSSR count). The minimum absolute atomic E-state index is 0.290. The number of aromatic nitrogens is 1. The molecule has 2 fully saturated rings. The lowest BCUT2D eigenvalue weighted by Gasteiger charge is -2.39. The quantitative estimate of drug-likeness (QED) is 0.750. The second-order valence-electron chi connectivity index (χ2n) is 5.41. The SMILES string of the molecule is CN(c1ncc(Br)cc1Br)C1CCC2(CC1)OCCO2. The summed E-state index contributed by atoms with van der Waals surface area (Å²) in [5.74, 6) is 0.698. The van der Waals surface area contributed by atoms with E-state index in [1.165, 1.54) is 0 Å². The summed E-state index contributed by atoms with van der Waals surface area (Å²) in [6.07, 6.45) is 5.91. The first-order valence-electron chi connectivity index (χ1n) is 6.91. The van der Waals surface area contributed by atoms with E-state index in [9.17, 15) is 0 Å². The van der Waals surface area contributed by atoms with Gasteiger partial charge in [-0.15, -0.1) is 0 Å². The fraction of sp³-hybridized carbons (Fsp3) is 0.643. The minimum atomic E-state index is -0.290. The first kappa shape index (κ1) is 14.8. The van der Waals surface area contributed by atoms with Crippen LogP contribution in [0.25, 0.3) is 0 Å². The molecule has 1 saturated heterocycles. The largest absolute Gasteiger partial charge is 0.356 e. The van der Waals surface area contributed by atoms with Crippen molar-refractivity contribution in [2.75, 3.05) is 25.2 Å². The highest BCUT2D eigenvalue weighted by molar-refractivity contribution is 9.11. The van der Waals surface area contributed by atoms with Crippen LogP contribution in [0.4, 0.5) is 5.82 Å². The number of rotatable bonds is 2. The molecule has 20 heavy (non-hydrogen) atoms. The highest BCUT2D eigenvalue weighted by Gasteiger charge is 2.41. The molecule has 6 heteroatoms. The lowest BCUT2D eigenvalue weighted by atomic mass is 9.89. The Labute approximate surface area is 136 Å². The summed E-state index contributed by atoms with van der Waals surface area (Å²) < 4.78 is 13.6. The molecule has 1 spiro atoms. The number of hydrogen-bond acceptors (Lipinski definition) is 4. The van der Waals surface area contributed by atoms with E-state index < -0.39 is 0 Å². The first-order valence-corrected chi connectivity index (χ1v) is 8.50. The Balaban J connectivity index is 1.68. The Morgan fingerprint density at radius 1 is 1.25 bits per heavy atom. The Bertz CT molecular complexity index is 482. The van der Waals surface area contributed by atoms with Crippen LogP contribution in [-0.4, -0.2) is 37.1 Å². The van der Waals surface area contributed by atoms with E-state index in [0.717, 1.165) is 53.7 Å². The molecule has 110 valence electrons. The Morgan fingerprint density at radius 2 is 1.90 bits per heavy atom. The van der Waals surface area contributed by atoms with Gasteiger partial charge in [-0.05, 0) is 50.8 Å². The van der Waals surface area contributed by atoms with E-state index in [1.54, 1.807) is 0 Å². The standard InChI is InChI=1S/C14H18Br2N2O2/c1-18(13-12(16)8-10(15)9-17-13)11-2-4-14(5-3-11)19-6-7-20-14/h8-9,11H,2-7H2,1H3. The van der Waals surface area contributed by atoms with Crippen molar-refractivity contribution in [2.45, 2.75) is 37.5 Å². The van der Waals surface area contributed by atoms with Crippen LogP contribution >= 0.6 is 31.9 Å². The average molecular weight is 406 g/mol. The van der Waals surface area contributed by atoms with Crippen molar-refractivity contribution < 1.29 is 9.47 Å². The van der Waals surface area contributed by atoms with E-state index in [0.29, 0.717) is 6.04 Å². The van der Waals surface area contributed by atoms with Gasteiger partial charge in [-0.25, -0.2) is 4.98 Å². The van der Waals surface area contributed by atoms with Gasteiger partial charge in [-0.2, -0.15) is 0 Å². The number of ether oxygens (including phenoxy) is 2. The predicted molar refractivity (Wildman–Crippen MR) is 84.9 cm³/mol. The second kappa shape index (κ2) is 5.91. The van der Waals surface area contributed by atoms with Crippen molar-refractivity contribution in [3.63, 3.8) is 0 Å². The molecule has 2 heterocycles. The fourth-order valence-electron chi connectivity index (χ4n) is 3.06. The third-order valence-electron chi connectivity index (χ3n) is 4.20. The molecule has 1 saturated carbocycles. The molecule has 0 unspecified atom stereocenters. The van der Waals surface area contributed by atoms with Crippen molar-refractivity contribution in [1.29, 1.82) is 0 Å². The topological polar surface area (TPSA) is 34.6 Å². The first-order chi connectivity index (χ1) is 9.60. The molecular weight excluding hydrogens is 388 g/mol. The summed E-state index contributed by atoms with van der Waals surface area (Å²) in [5.41, 5.74) is 0. The van der Waals surface area contributed by atoms with Crippen LogP contribution in [-0.2, 0) is 9.47 Å². The molecule has 2 aliphatic rings. The summed E-state index contributed by atoms with van der Waals surface area (Å²) >= 11 is 7.03. The van der Waals surface area contributed by atoms with Gasteiger partial charge in [0.1, 0.15) is 5.82 Å². The van der Waals surface area contributed by atoms with Gasteiger partial charge in [0.2, 0.25) is 0 Å². The summed E-state index contributed by atoms with van der Waals surface area (Å²) in [7, 11) is 2.11. The summed E-state index contributed by atoms with van der Waals surface area (Å²) in [6.45, 7) is 1.47. The molecule has 4 nitrogen and oxygen atoms in total. The zero-order valence-corrected chi connectivity index (χ0v) is 14.6. The summed E-state index contributed by atoms with van der Waals surface area (Å²) in [4.78, 5) is 6.77. The smallest absolute Gasteiger partial charge is 0.168 e. The number of hydrogen-bond donors (Lipinski definition) is 0. The van der Waals surface area contributed by atoms with Gasteiger partial charge in [0, 0.05) is 36.6 Å². The Morgan fingerprint density at radius 3 is 2.50 bits per heavy atom. The molecule has 1 aromatic heterocycles. The van der Waals surface area contributed by atoms with E-state index in [4.69, 9.17) is 9.47 Å². The van der Waals surface area contributed by atoms with Crippen molar-refractivity contribution in [3.05, 3.63) is 21.2 Å². The molecule has 1 aromatic rings. The third-order valence-corrected chi connectivity index (χ3v) is 5.22. The fourth-order valence-corrected chi connectivity index (χ4v) is 4.32. The number of pyridine rings is 1. The van der Waals surface area contributed by atoms with E-state index in [-0.39, 0.29) is 5.79 Å². The van der Waals surface area contributed by atoms with Crippen molar-refractivity contribution in [1.82, 2.24) is 4.98 Å². The van der Waals surface area contributed by atoms with Crippen LogP contribution < -0.4 is 4.90 Å². The number of nitrogens with zero attached hydrogens (tertiary/aromatic N) is 2. The Kier molecular flexibility index (Phi) is 4.36. The normalized spacial score (nSPS) is 22.4. The monoisotopic (exact) mass is 404 g/mol.